The Bertz CT molecular complexity index is 888. The first-order valence-corrected chi connectivity index (χ1v) is 10.2. The summed E-state index contributed by atoms with van der Waals surface area (Å²) in [6, 6.07) is 3.48. The van der Waals surface area contributed by atoms with Crippen molar-refractivity contribution in [1.82, 2.24) is 14.5 Å². The van der Waals surface area contributed by atoms with Crippen LogP contribution >= 0.6 is 11.6 Å². The van der Waals surface area contributed by atoms with Crippen molar-refractivity contribution >= 4 is 45.2 Å². The van der Waals surface area contributed by atoms with Gasteiger partial charge in [0.05, 0.1) is 11.6 Å². The lowest BCUT2D eigenvalue weighted by Gasteiger charge is -2.18. The van der Waals surface area contributed by atoms with Crippen LogP contribution in [0.5, 0.6) is 0 Å². The van der Waals surface area contributed by atoms with Gasteiger partial charge in [-0.25, -0.2) is 13.2 Å². The van der Waals surface area contributed by atoms with Crippen LogP contribution in [0.1, 0.15) is 13.3 Å². The summed E-state index contributed by atoms with van der Waals surface area (Å²) in [6.45, 7) is 2.20. The van der Waals surface area contributed by atoms with Gasteiger partial charge in [-0.2, -0.15) is 4.31 Å². The smallest absolute Gasteiger partial charge is 0.325 e. The van der Waals surface area contributed by atoms with Crippen LogP contribution in [0.4, 0.5) is 10.5 Å². The molecule has 1 aromatic rings. The molecule has 27 heavy (non-hydrogen) atoms. The molecule has 0 unspecified atom stereocenters. The van der Waals surface area contributed by atoms with Gasteiger partial charge in [0.1, 0.15) is 11.4 Å². The van der Waals surface area contributed by atoms with E-state index >= 15 is 0 Å². The molecule has 2 aliphatic rings. The van der Waals surface area contributed by atoms with Gasteiger partial charge in [-0.15, -0.1) is 0 Å². The molecule has 2 aliphatic heterocycles. The highest BCUT2D eigenvalue weighted by Gasteiger charge is 2.33. The van der Waals surface area contributed by atoms with E-state index in [9.17, 15) is 22.8 Å². The van der Waals surface area contributed by atoms with Gasteiger partial charge in [-0.3, -0.25) is 14.5 Å². The van der Waals surface area contributed by atoms with Crippen molar-refractivity contribution in [2.45, 2.75) is 18.2 Å². The van der Waals surface area contributed by atoms with Crippen molar-refractivity contribution in [3.8, 4) is 0 Å². The Hall–Kier alpha value is -2.17. The van der Waals surface area contributed by atoms with Crippen LogP contribution in [-0.2, 0) is 19.6 Å². The van der Waals surface area contributed by atoms with E-state index in [0.717, 1.165) is 11.3 Å². The summed E-state index contributed by atoms with van der Waals surface area (Å²) in [5, 5.41) is 4.87. The molecule has 0 spiro atoms. The molecule has 146 valence electrons. The molecule has 11 heteroatoms. The van der Waals surface area contributed by atoms with E-state index < -0.39 is 34.4 Å². The molecular formula is C16H19ClN4O5S. The molecule has 1 aromatic carbocycles. The van der Waals surface area contributed by atoms with Gasteiger partial charge < -0.3 is 10.6 Å². The third kappa shape index (κ3) is 4.07. The zero-order valence-corrected chi connectivity index (χ0v) is 16.1. The zero-order valence-electron chi connectivity index (χ0n) is 14.6. The van der Waals surface area contributed by atoms with Crippen molar-refractivity contribution in [2.24, 2.45) is 5.92 Å². The highest BCUT2D eigenvalue weighted by atomic mass is 35.5. The quantitative estimate of drug-likeness (QED) is 0.693. The average molecular weight is 415 g/mol. The molecule has 3 rings (SSSR count). The Morgan fingerprint density at radius 3 is 2.70 bits per heavy atom. The first kappa shape index (κ1) is 19.6. The van der Waals surface area contributed by atoms with E-state index in [-0.39, 0.29) is 28.1 Å². The van der Waals surface area contributed by atoms with E-state index in [1.807, 2.05) is 6.92 Å². The number of anilines is 1. The highest BCUT2D eigenvalue weighted by molar-refractivity contribution is 7.89. The predicted octanol–water partition coefficient (Wildman–Crippen LogP) is 0.861. The minimum absolute atomic E-state index is 0.0571. The number of nitrogens with zero attached hydrogens (tertiary/aromatic N) is 2. The van der Waals surface area contributed by atoms with Crippen LogP contribution < -0.4 is 10.6 Å². The van der Waals surface area contributed by atoms with E-state index in [4.69, 9.17) is 11.6 Å². The fourth-order valence-corrected chi connectivity index (χ4v) is 5.07. The second-order valence-electron chi connectivity index (χ2n) is 6.59. The number of hydrogen-bond acceptors (Lipinski definition) is 5. The lowest BCUT2D eigenvalue weighted by molar-refractivity contribution is -0.128. The molecule has 0 radical (unpaired) electrons. The summed E-state index contributed by atoms with van der Waals surface area (Å²) in [5.74, 6) is -0.857. The zero-order chi connectivity index (χ0) is 19.8. The summed E-state index contributed by atoms with van der Waals surface area (Å²) in [6.07, 6.45) is 0.777. The van der Waals surface area contributed by atoms with Gasteiger partial charge in [0.15, 0.2) is 0 Å². The number of rotatable bonds is 5. The number of benzene rings is 1. The maximum atomic E-state index is 12.8. The minimum Gasteiger partial charge on any atom is -0.329 e. The minimum atomic E-state index is -3.78. The number of urea groups is 1. The van der Waals surface area contributed by atoms with Crippen molar-refractivity contribution in [2.75, 3.05) is 31.5 Å². The lowest BCUT2D eigenvalue weighted by atomic mass is 10.2. The molecule has 2 N–H and O–H groups in total. The third-order valence-corrected chi connectivity index (χ3v) is 6.80. The van der Waals surface area contributed by atoms with Crippen LogP contribution in [-0.4, -0.2) is 61.6 Å². The van der Waals surface area contributed by atoms with Gasteiger partial charge >= 0.3 is 6.03 Å². The maximum absolute atomic E-state index is 12.8. The third-order valence-electron chi connectivity index (χ3n) is 4.46. The molecule has 0 bridgehead atoms. The molecule has 2 fully saturated rings. The van der Waals surface area contributed by atoms with Gasteiger partial charge in [-0.1, -0.05) is 18.5 Å². The van der Waals surface area contributed by atoms with Crippen molar-refractivity contribution in [1.29, 1.82) is 0 Å². The largest absolute Gasteiger partial charge is 0.329 e. The molecule has 0 saturated carbocycles. The number of nitrogens with one attached hydrogen (secondary N) is 2. The first-order chi connectivity index (χ1) is 12.7. The van der Waals surface area contributed by atoms with E-state index in [2.05, 4.69) is 10.6 Å². The van der Waals surface area contributed by atoms with E-state index in [1.165, 1.54) is 22.5 Å². The SMILES string of the molecule is C[C@H]1CCN(S(=O)(=O)c2cc(NC(=O)CN3C(=O)CNC3=O)ccc2Cl)C1. The number of hydrogen-bond donors (Lipinski definition) is 2. The van der Waals surface area contributed by atoms with E-state index in [1.54, 1.807) is 0 Å². The van der Waals surface area contributed by atoms with Crippen molar-refractivity contribution in [3.05, 3.63) is 23.2 Å². The molecule has 0 aromatic heterocycles. The normalized spacial score (nSPS) is 20.8. The Labute approximate surface area is 161 Å². The van der Waals surface area contributed by atoms with Gasteiger partial charge in [0.2, 0.25) is 15.9 Å². The van der Waals surface area contributed by atoms with Crippen molar-refractivity contribution < 1.29 is 22.8 Å². The fraction of sp³-hybridized carbons (Fsp3) is 0.438. The Morgan fingerprint density at radius 1 is 1.37 bits per heavy atom. The van der Waals surface area contributed by atoms with E-state index in [0.29, 0.717) is 13.1 Å². The summed E-state index contributed by atoms with van der Waals surface area (Å²) in [5.41, 5.74) is 0.210. The molecule has 2 saturated heterocycles. The number of halogens is 1. The summed E-state index contributed by atoms with van der Waals surface area (Å²) >= 11 is 6.08. The molecular weight excluding hydrogens is 396 g/mol. The van der Waals surface area contributed by atoms with Crippen molar-refractivity contribution in [3.63, 3.8) is 0 Å². The van der Waals surface area contributed by atoms with Crippen LogP contribution in [0.25, 0.3) is 0 Å². The van der Waals surface area contributed by atoms with Gasteiger partial charge in [-0.05, 0) is 30.5 Å². The Kier molecular flexibility index (Phi) is 5.41. The van der Waals surface area contributed by atoms with Crippen LogP contribution in [0, 0.1) is 5.92 Å². The number of sulfonamides is 1. The second kappa shape index (κ2) is 7.45. The molecule has 2 heterocycles. The first-order valence-electron chi connectivity index (χ1n) is 8.36. The molecule has 1 atom stereocenters. The lowest BCUT2D eigenvalue weighted by Crippen LogP contribution is -2.38. The number of carbonyl (C=O) groups is 3. The monoisotopic (exact) mass is 414 g/mol. The van der Waals surface area contributed by atoms with Gasteiger partial charge in [0, 0.05) is 18.8 Å². The Balaban J connectivity index is 1.76. The van der Waals surface area contributed by atoms with Crippen LogP contribution in [0.15, 0.2) is 23.1 Å². The van der Waals surface area contributed by atoms with Gasteiger partial charge in [0.25, 0.3) is 5.91 Å². The standard InChI is InChI=1S/C16H19ClN4O5S/c1-10-4-5-20(8-10)27(25,26)13-6-11(2-3-12(13)17)19-14(22)9-21-15(23)7-18-16(21)24/h2-3,6,10H,4-5,7-9H2,1H3,(H,18,24)(H,19,22)/t10-/m0/s1. The van der Waals surface area contributed by atoms with Crippen LogP contribution in [0.3, 0.4) is 0 Å². The summed E-state index contributed by atoms with van der Waals surface area (Å²) < 4.78 is 27.0. The molecule has 9 nitrogen and oxygen atoms in total. The number of imide groups is 1. The number of carbonyl (C=O) groups excluding carboxylic acids is 3. The fourth-order valence-electron chi connectivity index (χ4n) is 2.99. The maximum Gasteiger partial charge on any atom is 0.325 e. The molecule has 0 aliphatic carbocycles. The summed E-state index contributed by atoms with van der Waals surface area (Å²) in [7, 11) is -3.78. The second-order valence-corrected chi connectivity index (χ2v) is 8.90. The number of amides is 4. The topological polar surface area (TPSA) is 116 Å². The Morgan fingerprint density at radius 2 is 2.11 bits per heavy atom. The van der Waals surface area contributed by atoms with Crippen LogP contribution in [0.2, 0.25) is 5.02 Å². The predicted molar refractivity (Wildman–Crippen MR) is 97.7 cm³/mol. The average Bonchev–Trinajstić information content (AvgIpc) is 3.17. The molecule has 4 amide bonds. The highest BCUT2D eigenvalue weighted by Crippen LogP contribution is 2.30. The summed E-state index contributed by atoms with van der Waals surface area (Å²) in [4.78, 5) is 35.8.